The first kappa shape index (κ1) is 17.8. The fourth-order valence-corrected chi connectivity index (χ4v) is 2.64. The van der Waals surface area contributed by atoms with Crippen LogP contribution in [-0.4, -0.2) is 25.9 Å². The summed E-state index contributed by atoms with van der Waals surface area (Å²) in [5.74, 6) is 0.0295. The number of rotatable bonds is 7. The summed E-state index contributed by atoms with van der Waals surface area (Å²) in [7, 11) is 0. The van der Waals surface area contributed by atoms with Crippen LogP contribution in [-0.2, 0) is 17.9 Å². The van der Waals surface area contributed by atoms with Crippen LogP contribution in [0.25, 0.3) is 10.8 Å². The highest BCUT2D eigenvalue weighted by Gasteiger charge is 2.19. The molecular formula is C18H20N4O4. The number of unbranched alkanes of at least 4 members (excludes halogenated alkanes) is 2. The standard InChI is InChI=1S/C18H20N4O4/c1-3-4-7-10-22-17(23)14-9-6-5-8-13(14)16(20-22)18(24)25-11-15-19-12(2)21-26-15/h5-6,8-9H,3-4,7,10-11H2,1-2H3. The van der Waals surface area contributed by atoms with Crippen LogP contribution < -0.4 is 5.56 Å². The lowest BCUT2D eigenvalue weighted by molar-refractivity contribution is 0.0422. The van der Waals surface area contributed by atoms with Crippen LogP contribution in [0.4, 0.5) is 0 Å². The summed E-state index contributed by atoms with van der Waals surface area (Å²) < 4.78 is 11.5. The quantitative estimate of drug-likeness (QED) is 0.474. The van der Waals surface area contributed by atoms with Crippen molar-refractivity contribution in [1.29, 1.82) is 0 Å². The van der Waals surface area contributed by atoms with Crippen LogP contribution in [0.2, 0.25) is 0 Å². The van der Waals surface area contributed by atoms with Gasteiger partial charge in [0.25, 0.3) is 11.4 Å². The molecule has 0 aliphatic carbocycles. The fourth-order valence-electron chi connectivity index (χ4n) is 2.64. The summed E-state index contributed by atoms with van der Waals surface area (Å²) in [6.07, 6.45) is 2.83. The largest absolute Gasteiger partial charge is 0.451 e. The molecule has 8 heteroatoms. The first-order valence-electron chi connectivity index (χ1n) is 8.56. The third-order valence-electron chi connectivity index (χ3n) is 3.93. The van der Waals surface area contributed by atoms with Gasteiger partial charge in [-0.05, 0) is 19.4 Å². The van der Waals surface area contributed by atoms with Crippen molar-refractivity contribution in [1.82, 2.24) is 19.9 Å². The van der Waals surface area contributed by atoms with Crippen LogP contribution in [0.1, 0.15) is 48.4 Å². The minimum Gasteiger partial charge on any atom is -0.451 e. The van der Waals surface area contributed by atoms with Crippen molar-refractivity contribution in [3.05, 3.63) is 52.0 Å². The molecule has 0 atom stereocenters. The van der Waals surface area contributed by atoms with E-state index >= 15 is 0 Å². The molecule has 3 aromatic rings. The zero-order valence-electron chi connectivity index (χ0n) is 14.8. The molecule has 0 saturated heterocycles. The number of esters is 1. The van der Waals surface area contributed by atoms with Crippen molar-refractivity contribution in [3.63, 3.8) is 0 Å². The van der Waals surface area contributed by atoms with E-state index in [9.17, 15) is 9.59 Å². The van der Waals surface area contributed by atoms with Crippen molar-refractivity contribution in [2.75, 3.05) is 0 Å². The molecule has 0 spiro atoms. The van der Waals surface area contributed by atoms with Gasteiger partial charge in [0, 0.05) is 11.9 Å². The second-order valence-electron chi connectivity index (χ2n) is 5.94. The van der Waals surface area contributed by atoms with Crippen LogP contribution >= 0.6 is 0 Å². The Morgan fingerprint density at radius 3 is 2.69 bits per heavy atom. The van der Waals surface area contributed by atoms with Crippen molar-refractivity contribution in [3.8, 4) is 0 Å². The summed E-state index contributed by atoms with van der Waals surface area (Å²) in [6.45, 7) is 4.07. The number of fused-ring (bicyclic) bond motifs is 1. The van der Waals surface area contributed by atoms with Crippen LogP contribution in [0.5, 0.6) is 0 Å². The Morgan fingerprint density at radius 2 is 2.00 bits per heavy atom. The number of hydrogen-bond donors (Lipinski definition) is 0. The molecule has 3 rings (SSSR count). The second kappa shape index (κ2) is 7.90. The van der Waals surface area contributed by atoms with Crippen LogP contribution in [0, 0.1) is 6.92 Å². The monoisotopic (exact) mass is 356 g/mol. The summed E-state index contributed by atoms with van der Waals surface area (Å²) in [5, 5.41) is 8.81. The van der Waals surface area contributed by atoms with Gasteiger partial charge in [-0.3, -0.25) is 4.79 Å². The topological polar surface area (TPSA) is 100 Å². The van der Waals surface area contributed by atoms with Gasteiger partial charge < -0.3 is 9.26 Å². The maximum Gasteiger partial charge on any atom is 0.359 e. The third-order valence-corrected chi connectivity index (χ3v) is 3.93. The molecule has 0 aliphatic rings. The Labute approximate surface area is 149 Å². The molecule has 0 radical (unpaired) electrons. The molecule has 0 unspecified atom stereocenters. The van der Waals surface area contributed by atoms with Crippen LogP contribution in [0.3, 0.4) is 0 Å². The number of aromatic nitrogens is 4. The summed E-state index contributed by atoms with van der Waals surface area (Å²) >= 11 is 0. The average Bonchev–Trinajstić information content (AvgIpc) is 3.07. The third kappa shape index (κ3) is 3.79. The Kier molecular flexibility index (Phi) is 5.40. The lowest BCUT2D eigenvalue weighted by atomic mass is 10.1. The first-order valence-corrected chi connectivity index (χ1v) is 8.56. The smallest absolute Gasteiger partial charge is 0.359 e. The molecule has 8 nitrogen and oxygen atoms in total. The molecular weight excluding hydrogens is 336 g/mol. The SMILES string of the molecule is CCCCCn1nc(C(=O)OCc2nc(C)no2)c2ccccc2c1=O. The molecule has 0 saturated carbocycles. The number of ether oxygens (including phenoxy) is 1. The van der Waals surface area contributed by atoms with Gasteiger partial charge in [-0.15, -0.1) is 0 Å². The van der Waals surface area contributed by atoms with E-state index < -0.39 is 5.97 Å². The molecule has 2 aromatic heterocycles. The van der Waals surface area contributed by atoms with Gasteiger partial charge >= 0.3 is 5.97 Å². The lowest BCUT2D eigenvalue weighted by Gasteiger charge is -2.10. The number of nitrogens with zero attached hydrogens (tertiary/aromatic N) is 4. The van der Waals surface area contributed by atoms with E-state index in [-0.39, 0.29) is 23.8 Å². The normalized spacial score (nSPS) is 11.0. The van der Waals surface area contributed by atoms with Gasteiger partial charge in [-0.2, -0.15) is 10.1 Å². The highest BCUT2D eigenvalue weighted by atomic mass is 16.6. The summed E-state index contributed by atoms with van der Waals surface area (Å²) in [4.78, 5) is 29.1. The zero-order valence-corrected chi connectivity index (χ0v) is 14.8. The molecule has 2 heterocycles. The van der Waals surface area contributed by atoms with Crippen molar-refractivity contribution >= 4 is 16.7 Å². The Balaban J connectivity index is 1.91. The molecule has 1 aromatic carbocycles. The molecule has 0 amide bonds. The Hall–Kier alpha value is -3.03. The van der Waals surface area contributed by atoms with Crippen molar-refractivity contribution in [2.45, 2.75) is 46.3 Å². The summed E-state index contributed by atoms with van der Waals surface area (Å²) in [5.41, 5.74) is -0.103. The predicted octanol–water partition coefficient (Wildman–Crippen LogP) is 2.64. The fraction of sp³-hybridized carbons (Fsp3) is 0.389. The van der Waals surface area contributed by atoms with E-state index in [2.05, 4.69) is 22.2 Å². The number of carbonyl (C=O) groups excluding carboxylic acids is 1. The van der Waals surface area contributed by atoms with E-state index in [0.717, 1.165) is 19.3 Å². The van der Waals surface area contributed by atoms with E-state index in [1.54, 1.807) is 31.2 Å². The zero-order chi connectivity index (χ0) is 18.5. The number of carbonyl (C=O) groups is 1. The van der Waals surface area contributed by atoms with Crippen LogP contribution in [0.15, 0.2) is 33.6 Å². The number of aryl methyl sites for hydroxylation is 2. The minimum atomic E-state index is -0.638. The number of hydrogen-bond acceptors (Lipinski definition) is 7. The maximum absolute atomic E-state index is 12.6. The van der Waals surface area contributed by atoms with Crippen molar-refractivity contribution in [2.24, 2.45) is 0 Å². The highest BCUT2D eigenvalue weighted by Crippen LogP contribution is 2.15. The first-order chi connectivity index (χ1) is 12.6. The van der Waals surface area contributed by atoms with Gasteiger partial charge in [-0.25, -0.2) is 9.48 Å². The van der Waals surface area contributed by atoms with E-state index in [1.807, 2.05) is 0 Å². The average molecular weight is 356 g/mol. The maximum atomic E-state index is 12.6. The molecule has 0 fully saturated rings. The molecule has 0 aliphatic heterocycles. The predicted molar refractivity (Wildman–Crippen MR) is 93.7 cm³/mol. The van der Waals surface area contributed by atoms with E-state index in [4.69, 9.17) is 9.26 Å². The Morgan fingerprint density at radius 1 is 1.23 bits per heavy atom. The summed E-state index contributed by atoms with van der Waals surface area (Å²) in [6, 6.07) is 6.89. The molecule has 0 N–H and O–H groups in total. The molecule has 0 bridgehead atoms. The van der Waals surface area contributed by atoms with Gasteiger partial charge in [0.15, 0.2) is 18.1 Å². The van der Waals surface area contributed by atoms with Gasteiger partial charge in [-0.1, -0.05) is 43.1 Å². The Bertz CT molecular complexity index is 977. The van der Waals surface area contributed by atoms with Gasteiger partial charge in [0.2, 0.25) is 0 Å². The van der Waals surface area contributed by atoms with Crippen molar-refractivity contribution < 1.29 is 14.1 Å². The van der Waals surface area contributed by atoms with Gasteiger partial charge in [0.05, 0.1) is 5.39 Å². The highest BCUT2D eigenvalue weighted by molar-refractivity contribution is 6.02. The van der Waals surface area contributed by atoms with E-state index in [0.29, 0.717) is 23.1 Å². The molecule has 136 valence electrons. The number of benzene rings is 1. The molecule has 26 heavy (non-hydrogen) atoms. The van der Waals surface area contributed by atoms with E-state index in [1.165, 1.54) is 4.68 Å². The minimum absolute atomic E-state index is 0.105. The van der Waals surface area contributed by atoms with Gasteiger partial charge in [0.1, 0.15) is 0 Å². The second-order valence-corrected chi connectivity index (χ2v) is 5.94. The lowest BCUT2D eigenvalue weighted by Crippen LogP contribution is -2.26.